The Labute approximate surface area is 95.6 Å². The van der Waals surface area contributed by atoms with Gasteiger partial charge in [0.2, 0.25) is 5.91 Å². The maximum Gasteiger partial charge on any atom is 0.307 e. The number of nitrogens with zero attached hydrogens (tertiary/aromatic N) is 1. The standard InChI is InChI=1S/C12H19NO3/c1-7-5-9(10(6-7)12(15)16)11(14)13(2)8-3-4-8/h7-10H,3-6H2,1-2H3,(H,15,16)/t7?,9-,10+/m0/s1. The van der Waals surface area contributed by atoms with E-state index in [9.17, 15) is 9.59 Å². The van der Waals surface area contributed by atoms with Crippen LogP contribution in [0.4, 0.5) is 0 Å². The van der Waals surface area contributed by atoms with Gasteiger partial charge in [0.25, 0.3) is 0 Å². The summed E-state index contributed by atoms with van der Waals surface area (Å²) in [4.78, 5) is 25.0. The molecule has 0 aliphatic heterocycles. The predicted molar refractivity (Wildman–Crippen MR) is 58.8 cm³/mol. The Balaban J connectivity index is 2.06. The number of aliphatic carboxylic acids is 1. The molecule has 0 aromatic heterocycles. The quantitative estimate of drug-likeness (QED) is 0.788. The topological polar surface area (TPSA) is 57.6 Å². The van der Waals surface area contributed by atoms with E-state index in [0.29, 0.717) is 18.4 Å². The lowest BCUT2D eigenvalue weighted by molar-refractivity contribution is -0.148. The van der Waals surface area contributed by atoms with Gasteiger partial charge >= 0.3 is 5.97 Å². The summed E-state index contributed by atoms with van der Waals surface area (Å²) in [6.45, 7) is 2.03. The van der Waals surface area contributed by atoms with Crippen LogP contribution in [0, 0.1) is 17.8 Å². The molecule has 2 aliphatic rings. The SMILES string of the molecule is CC1C[C@H](C(=O)N(C)C2CC2)[C@H](C(=O)O)C1. The van der Waals surface area contributed by atoms with E-state index in [-0.39, 0.29) is 11.8 Å². The molecule has 4 nitrogen and oxygen atoms in total. The van der Waals surface area contributed by atoms with Crippen LogP contribution in [-0.2, 0) is 9.59 Å². The van der Waals surface area contributed by atoms with Crippen molar-refractivity contribution in [1.29, 1.82) is 0 Å². The zero-order valence-corrected chi connectivity index (χ0v) is 9.85. The molecular weight excluding hydrogens is 206 g/mol. The fraction of sp³-hybridized carbons (Fsp3) is 0.833. The van der Waals surface area contributed by atoms with Gasteiger partial charge in [0.05, 0.1) is 11.8 Å². The van der Waals surface area contributed by atoms with E-state index >= 15 is 0 Å². The molecule has 0 aromatic carbocycles. The molecule has 2 saturated carbocycles. The number of hydrogen-bond donors (Lipinski definition) is 1. The van der Waals surface area contributed by atoms with Gasteiger partial charge in [-0.25, -0.2) is 0 Å². The molecule has 16 heavy (non-hydrogen) atoms. The van der Waals surface area contributed by atoms with Gasteiger partial charge in [-0.3, -0.25) is 9.59 Å². The van der Waals surface area contributed by atoms with Gasteiger partial charge in [-0.1, -0.05) is 6.92 Å². The number of rotatable bonds is 3. The van der Waals surface area contributed by atoms with Crippen molar-refractivity contribution >= 4 is 11.9 Å². The van der Waals surface area contributed by atoms with Crippen LogP contribution in [0.1, 0.15) is 32.6 Å². The molecule has 2 rings (SSSR count). The Kier molecular flexibility index (Phi) is 2.91. The second-order valence-electron chi connectivity index (χ2n) is 5.31. The molecule has 3 atom stereocenters. The molecule has 0 radical (unpaired) electrons. The zero-order valence-electron chi connectivity index (χ0n) is 9.85. The first-order valence-corrected chi connectivity index (χ1v) is 6.00. The first kappa shape index (κ1) is 11.4. The number of hydrogen-bond acceptors (Lipinski definition) is 2. The molecule has 1 amide bonds. The van der Waals surface area contributed by atoms with Crippen molar-refractivity contribution in [3.8, 4) is 0 Å². The first-order valence-electron chi connectivity index (χ1n) is 6.00. The van der Waals surface area contributed by atoms with E-state index in [1.807, 2.05) is 14.0 Å². The van der Waals surface area contributed by atoms with Gasteiger partial charge in [0, 0.05) is 13.1 Å². The summed E-state index contributed by atoms with van der Waals surface area (Å²) < 4.78 is 0. The lowest BCUT2D eigenvalue weighted by atomic mass is 9.95. The summed E-state index contributed by atoms with van der Waals surface area (Å²) in [5.74, 6) is -1.18. The monoisotopic (exact) mass is 225 g/mol. The fourth-order valence-corrected chi connectivity index (χ4v) is 2.74. The molecule has 0 spiro atoms. The highest BCUT2D eigenvalue weighted by atomic mass is 16.4. The predicted octanol–water partition coefficient (Wildman–Crippen LogP) is 1.35. The van der Waals surface area contributed by atoms with Crippen LogP contribution in [0.2, 0.25) is 0 Å². The van der Waals surface area contributed by atoms with Crippen molar-refractivity contribution in [1.82, 2.24) is 4.90 Å². The van der Waals surface area contributed by atoms with E-state index in [1.165, 1.54) is 0 Å². The third-order valence-electron chi connectivity index (χ3n) is 3.87. The van der Waals surface area contributed by atoms with Crippen molar-refractivity contribution in [3.05, 3.63) is 0 Å². The van der Waals surface area contributed by atoms with Crippen LogP contribution in [0.25, 0.3) is 0 Å². The van der Waals surface area contributed by atoms with Crippen molar-refractivity contribution in [2.75, 3.05) is 7.05 Å². The minimum absolute atomic E-state index is 0.0410. The van der Waals surface area contributed by atoms with Crippen LogP contribution in [0.15, 0.2) is 0 Å². The Morgan fingerprint density at radius 2 is 1.75 bits per heavy atom. The van der Waals surface area contributed by atoms with E-state index in [1.54, 1.807) is 4.90 Å². The van der Waals surface area contributed by atoms with Gasteiger partial charge < -0.3 is 10.0 Å². The van der Waals surface area contributed by atoms with E-state index < -0.39 is 11.9 Å². The summed E-state index contributed by atoms with van der Waals surface area (Å²) >= 11 is 0. The van der Waals surface area contributed by atoms with Crippen LogP contribution in [-0.4, -0.2) is 35.0 Å². The Morgan fingerprint density at radius 3 is 2.25 bits per heavy atom. The van der Waals surface area contributed by atoms with E-state index in [0.717, 1.165) is 19.3 Å². The van der Waals surface area contributed by atoms with Crippen molar-refractivity contribution < 1.29 is 14.7 Å². The summed E-state index contributed by atoms with van der Waals surface area (Å²) in [6.07, 6.45) is 3.52. The Morgan fingerprint density at radius 1 is 1.19 bits per heavy atom. The smallest absolute Gasteiger partial charge is 0.307 e. The molecule has 0 aromatic rings. The van der Waals surface area contributed by atoms with E-state index in [4.69, 9.17) is 5.11 Å². The van der Waals surface area contributed by atoms with Gasteiger partial charge in [-0.15, -0.1) is 0 Å². The largest absolute Gasteiger partial charge is 0.481 e. The first-order chi connectivity index (χ1) is 7.50. The Hall–Kier alpha value is -1.06. The number of carboxylic acid groups (broad SMARTS) is 1. The maximum atomic E-state index is 12.1. The average molecular weight is 225 g/mol. The number of carbonyl (C=O) groups is 2. The molecule has 0 bridgehead atoms. The number of carboxylic acids is 1. The average Bonchev–Trinajstić information content (AvgIpc) is 2.99. The normalized spacial score (nSPS) is 33.8. The van der Waals surface area contributed by atoms with Crippen molar-refractivity contribution in [2.24, 2.45) is 17.8 Å². The summed E-state index contributed by atoms with van der Waals surface area (Å²) in [5, 5.41) is 9.12. The molecule has 1 N–H and O–H groups in total. The molecule has 1 unspecified atom stereocenters. The minimum Gasteiger partial charge on any atom is -0.481 e. The van der Waals surface area contributed by atoms with Gasteiger partial charge in [-0.2, -0.15) is 0 Å². The second kappa shape index (κ2) is 4.07. The van der Waals surface area contributed by atoms with E-state index in [2.05, 4.69) is 0 Å². The second-order valence-corrected chi connectivity index (χ2v) is 5.31. The molecule has 2 fully saturated rings. The van der Waals surface area contributed by atoms with Crippen molar-refractivity contribution in [2.45, 2.75) is 38.6 Å². The lowest BCUT2D eigenvalue weighted by Gasteiger charge is -2.23. The maximum absolute atomic E-state index is 12.1. The Bertz CT molecular complexity index is 311. The molecule has 0 heterocycles. The van der Waals surface area contributed by atoms with Crippen LogP contribution in [0.5, 0.6) is 0 Å². The highest BCUT2D eigenvalue weighted by molar-refractivity contribution is 5.85. The minimum atomic E-state index is -0.813. The van der Waals surface area contributed by atoms with Crippen molar-refractivity contribution in [3.63, 3.8) is 0 Å². The van der Waals surface area contributed by atoms with Crippen LogP contribution in [0.3, 0.4) is 0 Å². The molecule has 2 aliphatic carbocycles. The summed E-state index contributed by atoms with van der Waals surface area (Å²) in [6, 6.07) is 0.373. The van der Waals surface area contributed by atoms with Gasteiger partial charge in [0.1, 0.15) is 0 Å². The lowest BCUT2D eigenvalue weighted by Crippen LogP contribution is -2.38. The number of carbonyl (C=O) groups excluding carboxylic acids is 1. The highest BCUT2D eigenvalue weighted by Gasteiger charge is 2.44. The van der Waals surface area contributed by atoms with Crippen LogP contribution >= 0.6 is 0 Å². The fourth-order valence-electron chi connectivity index (χ4n) is 2.74. The van der Waals surface area contributed by atoms with Gasteiger partial charge in [0.15, 0.2) is 0 Å². The molecular formula is C12H19NO3. The van der Waals surface area contributed by atoms with Crippen LogP contribution < -0.4 is 0 Å². The molecule has 0 saturated heterocycles. The van der Waals surface area contributed by atoms with Gasteiger partial charge in [-0.05, 0) is 31.6 Å². The third-order valence-corrected chi connectivity index (χ3v) is 3.87. The summed E-state index contributed by atoms with van der Waals surface area (Å²) in [7, 11) is 1.81. The zero-order chi connectivity index (χ0) is 11.9. The third kappa shape index (κ3) is 2.06. The molecule has 4 heteroatoms. The highest BCUT2D eigenvalue weighted by Crippen LogP contribution is 2.39. The molecule has 90 valence electrons. The number of amides is 1. The summed E-state index contributed by atoms with van der Waals surface area (Å²) in [5.41, 5.74) is 0.